The molecule has 1 aromatic rings. The Bertz CT molecular complexity index is 392. The van der Waals surface area contributed by atoms with Crippen molar-refractivity contribution >= 4 is 15.9 Å². The summed E-state index contributed by atoms with van der Waals surface area (Å²) in [6.45, 7) is 0. The van der Waals surface area contributed by atoms with E-state index >= 15 is 0 Å². The summed E-state index contributed by atoms with van der Waals surface area (Å²) < 4.78 is 37.9. The van der Waals surface area contributed by atoms with Crippen molar-refractivity contribution in [2.75, 3.05) is 5.33 Å². The van der Waals surface area contributed by atoms with Crippen LogP contribution in [-0.4, -0.2) is 5.33 Å². The molecule has 100 valence electrons. The van der Waals surface area contributed by atoms with E-state index in [9.17, 15) is 13.2 Å². The maximum absolute atomic E-state index is 12.6. The van der Waals surface area contributed by atoms with Gasteiger partial charge in [0.05, 0.1) is 5.56 Å². The smallest absolute Gasteiger partial charge is 0.166 e. The van der Waals surface area contributed by atoms with Crippen LogP contribution < -0.4 is 0 Å². The van der Waals surface area contributed by atoms with E-state index in [2.05, 4.69) is 15.9 Å². The maximum Gasteiger partial charge on any atom is 0.416 e. The van der Waals surface area contributed by atoms with Gasteiger partial charge in [0.25, 0.3) is 0 Å². The Morgan fingerprint density at radius 2 is 1.78 bits per heavy atom. The molecule has 1 aromatic carbocycles. The van der Waals surface area contributed by atoms with Gasteiger partial charge in [-0.3, -0.25) is 0 Å². The summed E-state index contributed by atoms with van der Waals surface area (Å²) in [6.07, 6.45) is -0.0312. The number of hydrogen-bond acceptors (Lipinski definition) is 0. The van der Waals surface area contributed by atoms with Crippen molar-refractivity contribution in [3.63, 3.8) is 0 Å². The van der Waals surface area contributed by atoms with Crippen LogP contribution in [0.5, 0.6) is 0 Å². The largest absolute Gasteiger partial charge is 0.416 e. The zero-order valence-electron chi connectivity index (χ0n) is 10.0. The number of hydrogen-bond donors (Lipinski definition) is 0. The quantitative estimate of drug-likeness (QED) is 0.642. The van der Waals surface area contributed by atoms with Crippen LogP contribution in [0.2, 0.25) is 0 Å². The molecule has 1 aliphatic carbocycles. The first-order chi connectivity index (χ1) is 8.50. The van der Waals surface area contributed by atoms with Gasteiger partial charge in [-0.1, -0.05) is 34.1 Å². The lowest BCUT2D eigenvalue weighted by molar-refractivity contribution is -0.137. The van der Waals surface area contributed by atoms with Crippen LogP contribution >= 0.6 is 15.9 Å². The van der Waals surface area contributed by atoms with E-state index in [1.165, 1.54) is 12.1 Å². The normalized spacial score (nSPS) is 25.1. The third-order valence-electron chi connectivity index (χ3n) is 3.75. The van der Waals surface area contributed by atoms with Crippen molar-refractivity contribution in [1.82, 2.24) is 0 Å². The Labute approximate surface area is 114 Å². The van der Waals surface area contributed by atoms with E-state index < -0.39 is 11.7 Å². The molecule has 4 heteroatoms. The molecule has 0 atom stereocenters. The van der Waals surface area contributed by atoms with Gasteiger partial charge in [-0.25, -0.2) is 0 Å². The molecule has 1 saturated carbocycles. The van der Waals surface area contributed by atoms with Gasteiger partial charge in [-0.15, -0.1) is 0 Å². The molecule has 0 aromatic heterocycles. The van der Waals surface area contributed by atoms with Crippen LogP contribution in [-0.2, 0) is 6.18 Å². The average molecular weight is 321 g/mol. The van der Waals surface area contributed by atoms with Crippen LogP contribution in [0.15, 0.2) is 24.3 Å². The Hall–Kier alpha value is -0.510. The van der Waals surface area contributed by atoms with Gasteiger partial charge < -0.3 is 0 Å². The van der Waals surface area contributed by atoms with Crippen molar-refractivity contribution in [1.29, 1.82) is 0 Å². The van der Waals surface area contributed by atoms with Gasteiger partial charge in [-0.05, 0) is 49.1 Å². The van der Waals surface area contributed by atoms with Crippen molar-refractivity contribution in [3.05, 3.63) is 35.4 Å². The second kappa shape index (κ2) is 5.64. The fourth-order valence-corrected chi connectivity index (χ4v) is 3.27. The summed E-state index contributed by atoms with van der Waals surface area (Å²) >= 11 is 3.48. The van der Waals surface area contributed by atoms with E-state index in [4.69, 9.17) is 0 Å². The van der Waals surface area contributed by atoms with Gasteiger partial charge in [-0.2, -0.15) is 13.2 Å². The topological polar surface area (TPSA) is 0 Å². The van der Waals surface area contributed by atoms with E-state index in [1.807, 2.05) is 6.07 Å². The molecule has 0 amide bonds. The van der Waals surface area contributed by atoms with Crippen molar-refractivity contribution in [3.8, 4) is 0 Å². The molecule has 18 heavy (non-hydrogen) atoms. The standard InChI is InChI=1S/C14H16BrF3/c15-9-10-4-6-11(7-5-10)12-2-1-3-13(8-12)14(16,17)18/h1-3,8,10-11H,4-7,9H2. The predicted octanol–water partition coefficient (Wildman–Crippen LogP) is 5.37. The highest BCUT2D eigenvalue weighted by atomic mass is 79.9. The van der Waals surface area contributed by atoms with Gasteiger partial charge in [0.1, 0.15) is 0 Å². The SMILES string of the molecule is FC(F)(F)c1cccc(C2CCC(CBr)CC2)c1. The minimum Gasteiger partial charge on any atom is -0.166 e. The molecule has 0 heterocycles. The highest BCUT2D eigenvalue weighted by molar-refractivity contribution is 9.09. The highest BCUT2D eigenvalue weighted by Crippen LogP contribution is 2.38. The summed E-state index contributed by atoms with van der Waals surface area (Å²) in [4.78, 5) is 0. The summed E-state index contributed by atoms with van der Waals surface area (Å²) in [7, 11) is 0. The summed E-state index contributed by atoms with van der Waals surface area (Å²) in [5.74, 6) is 0.981. The predicted molar refractivity (Wildman–Crippen MR) is 69.9 cm³/mol. The number of alkyl halides is 4. The summed E-state index contributed by atoms with van der Waals surface area (Å²) in [5.41, 5.74) is 0.320. The zero-order chi connectivity index (χ0) is 13.2. The van der Waals surface area contributed by atoms with Crippen LogP contribution in [0.1, 0.15) is 42.7 Å². The van der Waals surface area contributed by atoms with Crippen molar-refractivity contribution in [2.45, 2.75) is 37.8 Å². The Balaban J connectivity index is 2.10. The Kier molecular flexibility index (Phi) is 4.36. The molecule has 0 aliphatic heterocycles. The molecule has 0 nitrogen and oxygen atoms in total. The number of halogens is 4. The molecule has 0 N–H and O–H groups in total. The second-order valence-corrected chi connectivity index (χ2v) is 5.64. The molecule has 0 saturated heterocycles. The Morgan fingerprint density at radius 1 is 1.11 bits per heavy atom. The lowest BCUT2D eigenvalue weighted by atomic mass is 9.79. The summed E-state index contributed by atoms with van der Waals surface area (Å²) in [5, 5.41) is 1.00. The van der Waals surface area contributed by atoms with Gasteiger partial charge in [0.15, 0.2) is 0 Å². The fraction of sp³-hybridized carbons (Fsp3) is 0.571. The molecule has 1 fully saturated rings. The third-order valence-corrected chi connectivity index (χ3v) is 4.67. The van der Waals surface area contributed by atoms with Crippen LogP contribution in [0.25, 0.3) is 0 Å². The van der Waals surface area contributed by atoms with Crippen LogP contribution in [0.4, 0.5) is 13.2 Å². The van der Waals surface area contributed by atoms with Crippen LogP contribution in [0.3, 0.4) is 0 Å². The average Bonchev–Trinajstić information content (AvgIpc) is 2.38. The van der Waals surface area contributed by atoms with E-state index in [1.54, 1.807) is 0 Å². The molecular formula is C14H16BrF3. The molecular weight excluding hydrogens is 305 g/mol. The summed E-state index contributed by atoms with van der Waals surface area (Å²) in [6, 6.07) is 5.82. The minimum absolute atomic E-state index is 0.294. The monoisotopic (exact) mass is 320 g/mol. The molecule has 1 aliphatic rings. The molecule has 2 rings (SSSR count). The van der Waals surface area contributed by atoms with Crippen LogP contribution in [0, 0.1) is 5.92 Å². The molecule has 0 bridgehead atoms. The molecule has 0 radical (unpaired) electrons. The third kappa shape index (κ3) is 3.28. The van der Waals surface area contributed by atoms with E-state index in [0.29, 0.717) is 11.8 Å². The van der Waals surface area contributed by atoms with Gasteiger partial charge in [0, 0.05) is 5.33 Å². The maximum atomic E-state index is 12.6. The molecule has 0 spiro atoms. The zero-order valence-corrected chi connectivity index (χ0v) is 11.6. The second-order valence-electron chi connectivity index (χ2n) is 5.00. The van der Waals surface area contributed by atoms with E-state index in [-0.39, 0.29) is 0 Å². The first-order valence-corrected chi connectivity index (χ1v) is 7.36. The lowest BCUT2D eigenvalue weighted by Crippen LogP contribution is -2.15. The number of benzene rings is 1. The van der Waals surface area contributed by atoms with Gasteiger partial charge in [0.2, 0.25) is 0 Å². The highest BCUT2D eigenvalue weighted by Gasteiger charge is 2.31. The van der Waals surface area contributed by atoms with E-state index in [0.717, 1.165) is 42.6 Å². The van der Waals surface area contributed by atoms with Gasteiger partial charge >= 0.3 is 6.18 Å². The first kappa shape index (κ1) is 13.9. The first-order valence-electron chi connectivity index (χ1n) is 6.24. The fourth-order valence-electron chi connectivity index (χ4n) is 2.62. The van der Waals surface area contributed by atoms with Crippen molar-refractivity contribution in [2.24, 2.45) is 5.92 Å². The Morgan fingerprint density at radius 3 is 2.33 bits per heavy atom. The lowest BCUT2D eigenvalue weighted by Gasteiger charge is -2.28. The number of rotatable bonds is 2. The van der Waals surface area contributed by atoms with Crippen molar-refractivity contribution < 1.29 is 13.2 Å². The minimum atomic E-state index is -4.23. The molecule has 0 unspecified atom stereocenters.